The molecule has 0 atom stereocenters. The molecule has 6 heteroatoms. The highest BCUT2D eigenvalue weighted by molar-refractivity contribution is 5.75. The third-order valence-corrected chi connectivity index (χ3v) is 5.07. The summed E-state index contributed by atoms with van der Waals surface area (Å²) in [6, 6.07) is 16.5. The van der Waals surface area contributed by atoms with Crippen molar-refractivity contribution in [1.29, 1.82) is 0 Å². The van der Waals surface area contributed by atoms with Gasteiger partial charge in [0.25, 0.3) is 0 Å². The molecule has 2 heterocycles. The van der Waals surface area contributed by atoms with Gasteiger partial charge in [0.2, 0.25) is 0 Å². The third kappa shape index (κ3) is 2.93. The topological polar surface area (TPSA) is 75.9 Å². The van der Waals surface area contributed by atoms with Crippen LogP contribution in [0.5, 0.6) is 0 Å². The molecule has 0 amide bonds. The minimum atomic E-state index is -0.0700. The lowest BCUT2D eigenvalue weighted by Crippen LogP contribution is -2.10. The number of fused-ring (bicyclic) bond motifs is 3. The number of hydrogen-bond acceptors (Lipinski definition) is 5. The molecule has 2 N–H and O–H groups in total. The van der Waals surface area contributed by atoms with Gasteiger partial charge in [0.1, 0.15) is 12.1 Å². The lowest BCUT2D eigenvalue weighted by Gasteiger charge is -2.21. The van der Waals surface area contributed by atoms with E-state index in [0.717, 1.165) is 41.3 Å². The number of aryl methyl sites for hydroxylation is 1. The fraction of sp³-hybridized carbons (Fsp3) is 0.136. The molecule has 4 aromatic rings. The van der Waals surface area contributed by atoms with Gasteiger partial charge in [-0.25, -0.2) is 15.0 Å². The van der Waals surface area contributed by atoms with Gasteiger partial charge in [-0.1, -0.05) is 30.3 Å². The first kappa shape index (κ1) is 16.6. The quantitative estimate of drug-likeness (QED) is 0.574. The predicted molar refractivity (Wildman–Crippen MR) is 108 cm³/mol. The highest BCUT2D eigenvalue weighted by Gasteiger charge is 2.20. The Morgan fingerprint density at radius 2 is 1.93 bits per heavy atom. The Hall–Kier alpha value is -3.51. The maximum absolute atomic E-state index is 9.23. The van der Waals surface area contributed by atoms with E-state index in [1.165, 1.54) is 11.1 Å². The van der Waals surface area contributed by atoms with E-state index >= 15 is 0 Å². The number of imidazole rings is 1. The molecule has 1 aliphatic carbocycles. The van der Waals surface area contributed by atoms with Crippen molar-refractivity contribution in [2.45, 2.75) is 19.4 Å². The molecule has 0 saturated carbocycles. The maximum atomic E-state index is 9.23. The van der Waals surface area contributed by atoms with Crippen LogP contribution in [0.1, 0.15) is 16.8 Å². The van der Waals surface area contributed by atoms with Gasteiger partial charge in [0.15, 0.2) is 0 Å². The third-order valence-electron chi connectivity index (χ3n) is 5.07. The second-order valence-electron chi connectivity index (χ2n) is 6.81. The maximum Gasteiger partial charge on any atom is 0.137 e. The van der Waals surface area contributed by atoms with Crippen molar-refractivity contribution in [3.8, 4) is 16.9 Å². The molecule has 0 spiro atoms. The van der Waals surface area contributed by atoms with Crippen LogP contribution in [-0.4, -0.2) is 24.6 Å². The standard InChI is InChI=1S/C22H19N5O/c28-12-17-11-27(14-25-17)18-6-3-5-16(10-18)26-22-20-9-8-15-4-1-2-7-19(15)21(20)23-13-24-22/h1-7,10-11,13-14,28H,8-9,12H2,(H,23,24,26). The summed E-state index contributed by atoms with van der Waals surface area (Å²) in [4.78, 5) is 13.2. The molecule has 5 rings (SSSR count). The van der Waals surface area contributed by atoms with E-state index in [2.05, 4.69) is 44.5 Å². The average molecular weight is 369 g/mol. The zero-order chi connectivity index (χ0) is 18.9. The van der Waals surface area contributed by atoms with Crippen LogP contribution in [0.2, 0.25) is 0 Å². The fourth-order valence-corrected chi connectivity index (χ4v) is 3.69. The summed E-state index contributed by atoms with van der Waals surface area (Å²) < 4.78 is 1.89. The minimum Gasteiger partial charge on any atom is -0.390 e. The van der Waals surface area contributed by atoms with Gasteiger partial charge in [-0.15, -0.1) is 0 Å². The summed E-state index contributed by atoms with van der Waals surface area (Å²) in [7, 11) is 0. The van der Waals surface area contributed by atoms with Crippen LogP contribution in [-0.2, 0) is 19.4 Å². The van der Waals surface area contributed by atoms with E-state index in [0.29, 0.717) is 5.69 Å². The molecule has 0 saturated heterocycles. The van der Waals surface area contributed by atoms with Gasteiger partial charge in [-0.05, 0) is 36.6 Å². The number of hydrogen-bond donors (Lipinski definition) is 2. The van der Waals surface area contributed by atoms with Crippen molar-refractivity contribution < 1.29 is 5.11 Å². The van der Waals surface area contributed by atoms with Gasteiger partial charge in [-0.3, -0.25) is 0 Å². The second-order valence-corrected chi connectivity index (χ2v) is 6.81. The molecule has 0 unspecified atom stereocenters. The molecule has 28 heavy (non-hydrogen) atoms. The zero-order valence-corrected chi connectivity index (χ0v) is 15.2. The van der Waals surface area contributed by atoms with Crippen LogP contribution >= 0.6 is 0 Å². The van der Waals surface area contributed by atoms with Crippen LogP contribution in [0, 0.1) is 0 Å². The first-order valence-corrected chi connectivity index (χ1v) is 9.25. The van der Waals surface area contributed by atoms with Crippen LogP contribution in [0.15, 0.2) is 67.4 Å². The SMILES string of the molecule is OCc1cn(-c2cccc(Nc3ncnc4c3CCc3ccccc3-4)c2)cn1. The minimum absolute atomic E-state index is 0.0700. The number of aromatic nitrogens is 4. The van der Waals surface area contributed by atoms with Gasteiger partial charge in [-0.2, -0.15) is 0 Å². The lowest BCUT2D eigenvalue weighted by atomic mass is 9.89. The largest absolute Gasteiger partial charge is 0.390 e. The highest BCUT2D eigenvalue weighted by Crippen LogP contribution is 2.35. The van der Waals surface area contributed by atoms with E-state index in [1.54, 1.807) is 12.7 Å². The summed E-state index contributed by atoms with van der Waals surface area (Å²) in [5, 5.41) is 12.7. The molecule has 0 bridgehead atoms. The zero-order valence-electron chi connectivity index (χ0n) is 15.2. The Morgan fingerprint density at radius 3 is 2.82 bits per heavy atom. The Balaban J connectivity index is 1.49. The summed E-state index contributed by atoms with van der Waals surface area (Å²) in [5.74, 6) is 0.846. The number of nitrogens with one attached hydrogen (secondary N) is 1. The molecule has 2 aromatic carbocycles. The fourth-order valence-electron chi connectivity index (χ4n) is 3.69. The number of aliphatic hydroxyl groups excluding tert-OH is 1. The van der Waals surface area contributed by atoms with Crippen molar-refractivity contribution in [3.05, 3.63) is 84.2 Å². The lowest BCUT2D eigenvalue weighted by molar-refractivity contribution is 0.277. The Labute approximate surface area is 162 Å². The molecule has 0 fully saturated rings. The number of anilines is 2. The second kappa shape index (κ2) is 6.90. The Morgan fingerprint density at radius 1 is 1.00 bits per heavy atom. The molecular weight excluding hydrogens is 350 g/mol. The first-order valence-electron chi connectivity index (χ1n) is 9.25. The van der Waals surface area contributed by atoms with Crippen molar-refractivity contribution in [1.82, 2.24) is 19.5 Å². The van der Waals surface area contributed by atoms with Crippen molar-refractivity contribution in [2.75, 3.05) is 5.32 Å². The van der Waals surface area contributed by atoms with Gasteiger partial charge in [0.05, 0.1) is 24.3 Å². The van der Waals surface area contributed by atoms with Gasteiger partial charge >= 0.3 is 0 Å². The predicted octanol–water partition coefficient (Wildman–Crippen LogP) is 3.66. The molecule has 0 aliphatic heterocycles. The average Bonchev–Trinajstić information content (AvgIpc) is 3.23. The molecule has 1 aliphatic rings. The van der Waals surface area contributed by atoms with E-state index in [9.17, 15) is 5.11 Å². The highest BCUT2D eigenvalue weighted by atomic mass is 16.3. The number of nitrogens with zero attached hydrogens (tertiary/aromatic N) is 4. The Kier molecular flexibility index (Phi) is 4.10. The van der Waals surface area contributed by atoms with E-state index < -0.39 is 0 Å². The molecule has 0 radical (unpaired) electrons. The number of aliphatic hydroxyl groups is 1. The van der Waals surface area contributed by atoms with E-state index in [-0.39, 0.29) is 6.61 Å². The van der Waals surface area contributed by atoms with Gasteiger partial charge < -0.3 is 15.0 Å². The van der Waals surface area contributed by atoms with Crippen molar-refractivity contribution in [3.63, 3.8) is 0 Å². The van der Waals surface area contributed by atoms with Crippen molar-refractivity contribution in [2.24, 2.45) is 0 Å². The van der Waals surface area contributed by atoms with Crippen LogP contribution in [0.3, 0.4) is 0 Å². The molecule has 6 nitrogen and oxygen atoms in total. The first-order chi connectivity index (χ1) is 13.8. The summed E-state index contributed by atoms with van der Waals surface area (Å²) in [6.45, 7) is -0.0700. The number of benzene rings is 2. The summed E-state index contributed by atoms with van der Waals surface area (Å²) in [5.41, 5.74) is 7.23. The van der Waals surface area contributed by atoms with Crippen LogP contribution < -0.4 is 5.32 Å². The summed E-state index contributed by atoms with van der Waals surface area (Å²) >= 11 is 0. The normalized spacial score (nSPS) is 12.3. The summed E-state index contributed by atoms with van der Waals surface area (Å²) in [6.07, 6.45) is 7.05. The Bertz CT molecular complexity index is 1150. The molecule has 2 aromatic heterocycles. The molecular formula is C22H19N5O. The number of rotatable bonds is 4. The monoisotopic (exact) mass is 369 g/mol. The van der Waals surface area contributed by atoms with Gasteiger partial charge in [0, 0.05) is 28.7 Å². The van der Waals surface area contributed by atoms with Crippen molar-refractivity contribution >= 4 is 11.5 Å². The van der Waals surface area contributed by atoms with E-state index in [4.69, 9.17) is 0 Å². The van der Waals surface area contributed by atoms with E-state index in [1.807, 2.05) is 35.0 Å². The molecule has 138 valence electrons. The van der Waals surface area contributed by atoms with Crippen LogP contribution in [0.25, 0.3) is 16.9 Å². The smallest absolute Gasteiger partial charge is 0.137 e. The van der Waals surface area contributed by atoms with Crippen LogP contribution in [0.4, 0.5) is 11.5 Å².